The lowest BCUT2D eigenvalue weighted by Crippen LogP contribution is -2.54. The summed E-state index contributed by atoms with van der Waals surface area (Å²) < 4.78 is 0. The van der Waals surface area contributed by atoms with E-state index in [2.05, 4.69) is 29.1 Å². The monoisotopic (exact) mass is 281 g/mol. The smallest absolute Gasteiger partial charge is 0.116 e. The fraction of sp³-hybridized carbons (Fsp3) is 0.714. The van der Waals surface area contributed by atoms with Gasteiger partial charge in [-0.15, -0.1) is 11.8 Å². The van der Waals surface area contributed by atoms with Gasteiger partial charge in [-0.2, -0.15) is 0 Å². The minimum absolute atomic E-state index is 0.114. The van der Waals surface area contributed by atoms with E-state index in [9.17, 15) is 5.11 Å². The van der Waals surface area contributed by atoms with E-state index in [1.165, 1.54) is 6.42 Å². The average Bonchev–Trinajstić information content (AvgIpc) is 2.39. The highest BCUT2D eigenvalue weighted by atomic mass is 32.2. The molecule has 19 heavy (non-hydrogen) atoms. The first-order valence-corrected chi connectivity index (χ1v) is 7.83. The minimum atomic E-state index is -0.114. The van der Waals surface area contributed by atoms with Crippen molar-refractivity contribution in [2.45, 2.75) is 61.4 Å². The van der Waals surface area contributed by atoms with Gasteiger partial charge in [0.1, 0.15) is 6.33 Å². The molecule has 2 N–H and O–H groups in total. The van der Waals surface area contributed by atoms with Crippen molar-refractivity contribution in [3.8, 4) is 0 Å². The molecule has 106 valence electrons. The lowest BCUT2D eigenvalue weighted by molar-refractivity contribution is 0.115. The maximum absolute atomic E-state index is 9.78. The Morgan fingerprint density at radius 3 is 3.05 bits per heavy atom. The van der Waals surface area contributed by atoms with Crippen LogP contribution in [0.15, 0.2) is 23.6 Å². The first-order valence-electron chi connectivity index (χ1n) is 6.95. The van der Waals surface area contributed by atoms with Crippen LogP contribution in [0.1, 0.15) is 39.5 Å². The van der Waals surface area contributed by atoms with E-state index in [0.717, 1.165) is 24.3 Å². The van der Waals surface area contributed by atoms with Crippen LogP contribution in [-0.4, -0.2) is 38.5 Å². The largest absolute Gasteiger partial charge is 0.394 e. The number of hydrogen-bond acceptors (Lipinski definition) is 5. The number of nitrogens with zero attached hydrogens (tertiary/aromatic N) is 2. The SMILES string of the molecule is CC(C)NC1(CO)CCCC(Sc2ccncn2)C1. The van der Waals surface area contributed by atoms with E-state index >= 15 is 0 Å². The van der Waals surface area contributed by atoms with E-state index in [1.807, 2.05) is 17.8 Å². The van der Waals surface area contributed by atoms with Crippen LogP contribution in [0.5, 0.6) is 0 Å². The summed E-state index contributed by atoms with van der Waals surface area (Å²) in [6, 6.07) is 2.35. The highest BCUT2D eigenvalue weighted by Crippen LogP contribution is 2.37. The van der Waals surface area contributed by atoms with E-state index in [4.69, 9.17) is 0 Å². The predicted molar refractivity (Wildman–Crippen MR) is 78.2 cm³/mol. The molecule has 1 heterocycles. The molecule has 0 bridgehead atoms. The molecule has 1 aliphatic carbocycles. The van der Waals surface area contributed by atoms with Gasteiger partial charge in [-0.3, -0.25) is 0 Å². The van der Waals surface area contributed by atoms with Crippen LogP contribution >= 0.6 is 11.8 Å². The van der Waals surface area contributed by atoms with Crippen LogP contribution in [0.2, 0.25) is 0 Å². The summed E-state index contributed by atoms with van der Waals surface area (Å²) in [4.78, 5) is 8.22. The number of hydrogen-bond donors (Lipinski definition) is 2. The maximum atomic E-state index is 9.78. The Kier molecular flexibility index (Phi) is 5.19. The molecule has 0 saturated heterocycles. The van der Waals surface area contributed by atoms with Gasteiger partial charge in [0.15, 0.2) is 0 Å². The molecule has 0 amide bonds. The molecule has 1 saturated carbocycles. The maximum Gasteiger partial charge on any atom is 0.116 e. The summed E-state index contributed by atoms with van der Waals surface area (Å²) >= 11 is 1.81. The summed E-state index contributed by atoms with van der Waals surface area (Å²) in [6.07, 6.45) is 7.78. The number of thioether (sulfide) groups is 1. The summed E-state index contributed by atoms with van der Waals surface area (Å²) in [5, 5.41) is 14.9. The molecule has 0 radical (unpaired) electrons. The van der Waals surface area contributed by atoms with Gasteiger partial charge >= 0.3 is 0 Å². The molecule has 1 aromatic rings. The second-order valence-corrected chi connectivity index (χ2v) is 6.94. The summed E-state index contributed by atoms with van der Waals surface area (Å²) in [5.74, 6) is 0. The van der Waals surface area contributed by atoms with Gasteiger partial charge in [0, 0.05) is 23.0 Å². The van der Waals surface area contributed by atoms with Crippen molar-refractivity contribution >= 4 is 11.8 Å². The molecule has 2 rings (SSSR count). The lowest BCUT2D eigenvalue weighted by Gasteiger charge is -2.41. The highest BCUT2D eigenvalue weighted by Gasteiger charge is 2.36. The van der Waals surface area contributed by atoms with Crippen LogP contribution in [0.4, 0.5) is 0 Å². The normalized spacial score (nSPS) is 27.7. The standard InChI is InChI=1S/C14H23N3OS/c1-11(2)17-14(9-18)6-3-4-12(8-14)19-13-5-7-15-10-16-13/h5,7,10-12,17-18H,3-4,6,8-9H2,1-2H3. The molecular formula is C14H23N3OS. The van der Waals surface area contributed by atoms with E-state index in [-0.39, 0.29) is 12.1 Å². The third kappa shape index (κ3) is 4.16. The third-order valence-electron chi connectivity index (χ3n) is 3.54. The number of aromatic nitrogens is 2. The topological polar surface area (TPSA) is 58.0 Å². The number of aliphatic hydroxyl groups is 1. The Bertz CT molecular complexity index is 388. The Morgan fingerprint density at radius 1 is 1.58 bits per heavy atom. The summed E-state index contributed by atoms with van der Waals surface area (Å²) in [7, 11) is 0. The molecule has 1 fully saturated rings. The molecule has 2 unspecified atom stereocenters. The molecule has 0 aliphatic heterocycles. The summed E-state index contributed by atoms with van der Waals surface area (Å²) in [6.45, 7) is 4.49. The third-order valence-corrected chi connectivity index (χ3v) is 4.76. The Hall–Kier alpha value is -0.650. The summed E-state index contributed by atoms with van der Waals surface area (Å²) in [5.41, 5.74) is -0.114. The molecule has 0 aromatic carbocycles. The van der Waals surface area contributed by atoms with Crippen LogP contribution in [0, 0.1) is 0 Å². The zero-order valence-electron chi connectivity index (χ0n) is 11.7. The average molecular weight is 281 g/mol. The van der Waals surface area contributed by atoms with Crippen molar-refractivity contribution in [1.29, 1.82) is 0 Å². The van der Waals surface area contributed by atoms with Crippen LogP contribution in [0.25, 0.3) is 0 Å². The van der Waals surface area contributed by atoms with Gasteiger partial charge in [-0.25, -0.2) is 9.97 Å². The Labute approximate surface area is 119 Å². The van der Waals surface area contributed by atoms with E-state index in [1.54, 1.807) is 12.5 Å². The van der Waals surface area contributed by atoms with Crippen molar-refractivity contribution in [3.63, 3.8) is 0 Å². The Morgan fingerprint density at radius 2 is 2.42 bits per heavy atom. The van der Waals surface area contributed by atoms with Gasteiger partial charge in [0.05, 0.1) is 11.6 Å². The fourth-order valence-corrected chi connectivity index (χ4v) is 4.14. The highest BCUT2D eigenvalue weighted by molar-refractivity contribution is 7.99. The van der Waals surface area contributed by atoms with Crippen molar-refractivity contribution in [1.82, 2.24) is 15.3 Å². The first kappa shape index (κ1) is 14.8. The first-order chi connectivity index (χ1) is 9.13. The van der Waals surface area contributed by atoms with Gasteiger partial charge < -0.3 is 10.4 Å². The van der Waals surface area contributed by atoms with Crippen molar-refractivity contribution in [2.75, 3.05) is 6.61 Å². The van der Waals surface area contributed by atoms with Crippen LogP contribution in [0.3, 0.4) is 0 Å². The van der Waals surface area contributed by atoms with Crippen LogP contribution < -0.4 is 5.32 Å². The minimum Gasteiger partial charge on any atom is -0.394 e. The number of nitrogens with one attached hydrogen (secondary N) is 1. The van der Waals surface area contributed by atoms with Gasteiger partial charge in [0.2, 0.25) is 0 Å². The van der Waals surface area contributed by atoms with E-state index in [0.29, 0.717) is 11.3 Å². The molecular weight excluding hydrogens is 258 g/mol. The van der Waals surface area contributed by atoms with E-state index < -0.39 is 0 Å². The second kappa shape index (κ2) is 6.68. The van der Waals surface area contributed by atoms with Gasteiger partial charge in [0.25, 0.3) is 0 Å². The molecule has 5 heteroatoms. The lowest BCUT2D eigenvalue weighted by atomic mass is 9.81. The molecule has 0 spiro atoms. The fourth-order valence-electron chi connectivity index (χ4n) is 2.86. The quantitative estimate of drug-likeness (QED) is 0.811. The van der Waals surface area contributed by atoms with Gasteiger partial charge in [-0.05, 0) is 25.3 Å². The molecule has 2 atom stereocenters. The molecule has 1 aromatic heterocycles. The van der Waals surface area contributed by atoms with Gasteiger partial charge in [-0.1, -0.05) is 20.3 Å². The number of aliphatic hydroxyl groups excluding tert-OH is 1. The van der Waals surface area contributed by atoms with Crippen molar-refractivity contribution < 1.29 is 5.11 Å². The zero-order chi connectivity index (χ0) is 13.7. The zero-order valence-corrected chi connectivity index (χ0v) is 12.5. The molecule has 1 aliphatic rings. The molecule has 4 nitrogen and oxygen atoms in total. The van der Waals surface area contributed by atoms with Crippen molar-refractivity contribution in [3.05, 3.63) is 18.6 Å². The van der Waals surface area contributed by atoms with Crippen LogP contribution in [-0.2, 0) is 0 Å². The predicted octanol–water partition coefficient (Wildman–Crippen LogP) is 2.24. The second-order valence-electron chi connectivity index (χ2n) is 5.62. The number of rotatable bonds is 5. The van der Waals surface area contributed by atoms with Crippen molar-refractivity contribution in [2.24, 2.45) is 0 Å². The Balaban J connectivity index is 1.99.